The quantitative estimate of drug-likeness (QED) is 0.607. The van der Waals surface area contributed by atoms with Crippen molar-refractivity contribution in [2.75, 3.05) is 19.9 Å². The molecule has 2 aliphatic heterocycles. The minimum atomic E-state index is -4.33. The Bertz CT molecular complexity index is 995. The molecule has 0 saturated carbocycles. The molecule has 0 spiro atoms. The number of alkyl halides is 3. The minimum absolute atomic E-state index is 0.00623. The fourth-order valence-electron chi connectivity index (χ4n) is 4.46. The van der Waals surface area contributed by atoms with Gasteiger partial charge in [-0.25, -0.2) is 0 Å². The highest BCUT2D eigenvalue weighted by atomic mass is 19.4. The van der Waals surface area contributed by atoms with Crippen LogP contribution < -0.4 is 20.1 Å². The topological polar surface area (TPSA) is 62.8 Å². The lowest BCUT2D eigenvalue weighted by molar-refractivity contribution is -0.137. The first-order valence-electron chi connectivity index (χ1n) is 11.5. The number of rotatable bonds is 8. The summed E-state index contributed by atoms with van der Waals surface area (Å²) in [6.07, 6.45) is -3.00. The SMILES string of the molecule is CC(C)N1C[C@@H](NCc2ccc(C(F)(F)F)cc2)C[C@H]1C(=O)NCCc1ccc2c(c1)OCO2. The predicted octanol–water partition coefficient (Wildman–Crippen LogP) is 3.73. The number of halogens is 3. The van der Waals surface area contributed by atoms with Crippen LogP contribution in [-0.4, -0.2) is 48.8 Å². The van der Waals surface area contributed by atoms with Gasteiger partial charge in [0, 0.05) is 31.7 Å². The summed E-state index contributed by atoms with van der Waals surface area (Å²) in [5.74, 6) is 1.46. The molecule has 2 aromatic rings. The first-order valence-corrected chi connectivity index (χ1v) is 11.5. The van der Waals surface area contributed by atoms with Crippen molar-refractivity contribution in [3.8, 4) is 11.5 Å². The Kier molecular flexibility index (Phi) is 7.33. The average Bonchev–Trinajstić information content (AvgIpc) is 3.44. The summed E-state index contributed by atoms with van der Waals surface area (Å²) < 4.78 is 49.0. The van der Waals surface area contributed by atoms with Crippen LogP contribution >= 0.6 is 0 Å². The molecule has 2 aliphatic rings. The number of carbonyl (C=O) groups excluding carboxylic acids is 1. The van der Waals surface area contributed by atoms with E-state index in [0.717, 1.165) is 34.8 Å². The smallest absolute Gasteiger partial charge is 0.416 e. The Hall–Kier alpha value is -2.78. The van der Waals surface area contributed by atoms with E-state index in [-0.39, 0.29) is 30.8 Å². The third kappa shape index (κ3) is 5.82. The molecule has 0 bridgehead atoms. The van der Waals surface area contributed by atoms with Crippen molar-refractivity contribution in [2.24, 2.45) is 0 Å². The second-order valence-electron chi connectivity index (χ2n) is 9.04. The van der Waals surface area contributed by atoms with Gasteiger partial charge in [-0.1, -0.05) is 18.2 Å². The molecule has 2 atom stereocenters. The number of amides is 1. The van der Waals surface area contributed by atoms with Crippen LogP contribution in [0.25, 0.3) is 0 Å². The van der Waals surface area contributed by atoms with Gasteiger partial charge in [0.1, 0.15) is 0 Å². The Labute approximate surface area is 197 Å². The van der Waals surface area contributed by atoms with Gasteiger partial charge in [0.25, 0.3) is 0 Å². The van der Waals surface area contributed by atoms with E-state index < -0.39 is 11.7 Å². The summed E-state index contributed by atoms with van der Waals surface area (Å²) in [5.41, 5.74) is 1.19. The van der Waals surface area contributed by atoms with Gasteiger partial charge < -0.3 is 20.1 Å². The fraction of sp³-hybridized carbons (Fsp3) is 0.480. The maximum atomic E-state index is 13.0. The Balaban J connectivity index is 1.27. The van der Waals surface area contributed by atoms with Crippen molar-refractivity contribution in [1.82, 2.24) is 15.5 Å². The normalized spacial score (nSPS) is 20.2. The molecule has 184 valence electrons. The summed E-state index contributed by atoms with van der Waals surface area (Å²) >= 11 is 0. The highest BCUT2D eigenvalue weighted by Crippen LogP contribution is 2.32. The molecule has 1 fully saturated rings. The molecular formula is C25H30F3N3O3. The van der Waals surface area contributed by atoms with E-state index in [4.69, 9.17) is 9.47 Å². The van der Waals surface area contributed by atoms with Crippen molar-refractivity contribution >= 4 is 5.91 Å². The van der Waals surface area contributed by atoms with Crippen LogP contribution in [0.2, 0.25) is 0 Å². The van der Waals surface area contributed by atoms with Gasteiger partial charge in [-0.2, -0.15) is 13.2 Å². The van der Waals surface area contributed by atoms with Gasteiger partial charge in [0.05, 0.1) is 11.6 Å². The number of benzene rings is 2. The Morgan fingerprint density at radius 2 is 1.79 bits per heavy atom. The molecule has 0 radical (unpaired) electrons. The Morgan fingerprint density at radius 1 is 1.09 bits per heavy atom. The lowest BCUT2D eigenvalue weighted by atomic mass is 10.1. The summed E-state index contributed by atoms with van der Waals surface area (Å²) in [7, 11) is 0. The van der Waals surface area contributed by atoms with Crippen LogP contribution in [0.1, 0.15) is 37.0 Å². The summed E-state index contributed by atoms with van der Waals surface area (Å²) in [5, 5.41) is 6.46. The summed E-state index contributed by atoms with van der Waals surface area (Å²) in [6, 6.07) is 11.0. The summed E-state index contributed by atoms with van der Waals surface area (Å²) in [4.78, 5) is 15.1. The predicted molar refractivity (Wildman–Crippen MR) is 122 cm³/mol. The first-order chi connectivity index (χ1) is 16.2. The standard InChI is InChI=1S/C25H30F3N3O3/c1-16(2)31-14-20(30-13-18-3-6-19(7-4-18)25(26,27)28)12-21(31)24(32)29-10-9-17-5-8-22-23(11-17)34-15-33-22/h3-8,11,16,20-21,30H,9-10,12-15H2,1-2H3,(H,29,32)/t20-,21-/m0/s1. The number of hydrogen-bond acceptors (Lipinski definition) is 5. The molecule has 34 heavy (non-hydrogen) atoms. The lowest BCUT2D eigenvalue weighted by Gasteiger charge is -2.27. The molecule has 1 saturated heterocycles. The van der Waals surface area contributed by atoms with Crippen LogP contribution in [0.3, 0.4) is 0 Å². The van der Waals surface area contributed by atoms with Gasteiger partial charge in [-0.05, 0) is 62.1 Å². The molecule has 1 amide bonds. The van der Waals surface area contributed by atoms with Crippen LogP contribution in [-0.2, 0) is 23.9 Å². The van der Waals surface area contributed by atoms with Crippen molar-refractivity contribution < 1.29 is 27.4 Å². The van der Waals surface area contributed by atoms with E-state index in [9.17, 15) is 18.0 Å². The second kappa shape index (κ2) is 10.2. The zero-order valence-electron chi connectivity index (χ0n) is 19.3. The number of hydrogen-bond donors (Lipinski definition) is 2. The molecule has 2 aromatic carbocycles. The first kappa shape index (κ1) is 24.3. The maximum Gasteiger partial charge on any atom is 0.416 e. The number of nitrogens with one attached hydrogen (secondary N) is 2. The molecule has 2 heterocycles. The van der Waals surface area contributed by atoms with Crippen LogP contribution in [0.4, 0.5) is 13.2 Å². The molecule has 4 rings (SSSR count). The van der Waals surface area contributed by atoms with Gasteiger partial charge in [-0.15, -0.1) is 0 Å². The van der Waals surface area contributed by atoms with Crippen molar-refractivity contribution in [1.29, 1.82) is 0 Å². The zero-order chi connectivity index (χ0) is 24.3. The largest absolute Gasteiger partial charge is 0.454 e. The highest BCUT2D eigenvalue weighted by molar-refractivity contribution is 5.82. The third-order valence-electron chi connectivity index (χ3n) is 6.33. The number of carbonyl (C=O) groups is 1. The van der Waals surface area contributed by atoms with Gasteiger partial charge in [0.2, 0.25) is 12.7 Å². The monoisotopic (exact) mass is 477 g/mol. The number of likely N-dealkylation sites (tertiary alicyclic amines) is 1. The van der Waals surface area contributed by atoms with E-state index in [0.29, 0.717) is 32.5 Å². The van der Waals surface area contributed by atoms with E-state index in [1.54, 1.807) is 0 Å². The van der Waals surface area contributed by atoms with E-state index in [2.05, 4.69) is 29.4 Å². The molecule has 0 aliphatic carbocycles. The molecule has 0 aromatic heterocycles. The van der Waals surface area contributed by atoms with Gasteiger partial charge in [0.15, 0.2) is 11.5 Å². The molecule has 0 unspecified atom stereocenters. The van der Waals surface area contributed by atoms with Gasteiger partial charge >= 0.3 is 6.18 Å². The molecular weight excluding hydrogens is 447 g/mol. The number of fused-ring (bicyclic) bond motifs is 1. The molecule has 9 heteroatoms. The number of ether oxygens (including phenoxy) is 2. The summed E-state index contributed by atoms with van der Waals surface area (Å²) in [6.45, 7) is 6.03. The minimum Gasteiger partial charge on any atom is -0.454 e. The fourth-order valence-corrected chi connectivity index (χ4v) is 4.46. The van der Waals surface area contributed by atoms with Crippen LogP contribution in [0, 0.1) is 0 Å². The van der Waals surface area contributed by atoms with Crippen LogP contribution in [0.15, 0.2) is 42.5 Å². The third-order valence-corrected chi connectivity index (χ3v) is 6.33. The Morgan fingerprint density at radius 3 is 2.50 bits per heavy atom. The zero-order valence-corrected chi connectivity index (χ0v) is 19.3. The average molecular weight is 478 g/mol. The number of nitrogens with zero attached hydrogens (tertiary/aromatic N) is 1. The van der Waals surface area contributed by atoms with E-state index >= 15 is 0 Å². The second-order valence-corrected chi connectivity index (χ2v) is 9.04. The van der Waals surface area contributed by atoms with Crippen LogP contribution in [0.5, 0.6) is 11.5 Å². The van der Waals surface area contributed by atoms with E-state index in [1.165, 1.54) is 12.1 Å². The molecule has 6 nitrogen and oxygen atoms in total. The lowest BCUT2D eigenvalue weighted by Crippen LogP contribution is -2.46. The van der Waals surface area contributed by atoms with E-state index in [1.807, 2.05) is 18.2 Å². The molecule has 2 N–H and O–H groups in total. The highest BCUT2D eigenvalue weighted by Gasteiger charge is 2.37. The van der Waals surface area contributed by atoms with Crippen molar-refractivity contribution in [3.05, 3.63) is 59.2 Å². The van der Waals surface area contributed by atoms with Crippen molar-refractivity contribution in [2.45, 2.75) is 57.5 Å². The van der Waals surface area contributed by atoms with Crippen molar-refractivity contribution in [3.63, 3.8) is 0 Å². The maximum absolute atomic E-state index is 13.0. The van der Waals surface area contributed by atoms with Gasteiger partial charge in [-0.3, -0.25) is 9.69 Å².